The number of amides is 2. The highest BCUT2D eigenvalue weighted by molar-refractivity contribution is 5.81. The number of hydrogen-bond acceptors (Lipinski definition) is 5. The Morgan fingerprint density at radius 3 is 2.29 bits per heavy atom. The second kappa shape index (κ2) is 10.1. The summed E-state index contributed by atoms with van der Waals surface area (Å²) in [5.41, 5.74) is 4.58. The van der Waals surface area contributed by atoms with Crippen LogP contribution in [0, 0.1) is 17.8 Å². The van der Waals surface area contributed by atoms with Gasteiger partial charge < -0.3 is 25.2 Å². The van der Waals surface area contributed by atoms with Crippen molar-refractivity contribution in [3.8, 4) is 11.1 Å². The Morgan fingerprint density at radius 1 is 1.00 bits per heavy atom. The Hall–Kier alpha value is -3.39. The standard InChI is InChI=1S/C27H30N2O6/c30-25(31)11-17(16-9-10-16)12-28-26(32)23-13-34-15-24(23)29-27(33)35-14-22-20-7-3-1-5-18(20)19-6-2-4-8-21(19)22/h1-8,16-17,22-24H,9-15H2,(H,28,32)(H,29,33)(H,30,31). The van der Waals surface area contributed by atoms with Crippen molar-refractivity contribution in [2.45, 2.75) is 31.2 Å². The average Bonchev–Trinajstić information content (AvgIpc) is 3.52. The molecule has 5 rings (SSSR count). The Balaban J connectivity index is 1.15. The molecule has 2 amide bonds. The molecule has 3 unspecified atom stereocenters. The highest BCUT2D eigenvalue weighted by Crippen LogP contribution is 2.44. The van der Waals surface area contributed by atoms with E-state index in [-0.39, 0.29) is 44.0 Å². The molecule has 8 nitrogen and oxygen atoms in total. The highest BCUT2D eigenvalue weighted by Gasteiger charge is 2.38. The number of carbonyl (C=O) groups is 3. The van der Waals surface area contributed by atoms with Crippen LogP contribution in [0.1, 0.15) is 36.3 Å². The molecule has 1 saturated carbocycles. The molecule has 0 bridgehead atoms. The van der Waals surface area contributed by atoms with E-state index < -0.39 is 24.0 Å². The smallest absolute Gasteiger partial charge is 0.407 e. The third-order valence-electron chi connectivity index (χ3n) is 7.33. The van der Waals surface area contributed by atoms with Gasteiger partial charge in [-0.3, -0.25) is 9.59 Å². The molecule has 3 atom stereocenters. The molecule has 1 saturated heterocycles. The van der Waals surface area contributed by atoms with Gasteiger partial charge in [-0.05, 0) is 46.9 Å². The molecule has 2 aromatic carbocycles. The second-order valence-corrected chi connectivity index (χ2v) is 9.66. The van der Waals surface area contributed by atoms with Gasteiger partial charge in [0.15, 0.2) is 0 Å². The van der Waals surface area contributed by atoms with E-state index in [2.05, 4.69) is 34.9 Å². The first-order valence-corrected chi connectivity index (χ1v) is 12.2. The molecule has 0 aromatic heterocycles. The van der Waals surface area contributed by atoms with E-state index in [1.165, 1.54) is 0 Å². The summed E-state index contributed by atoms with van der Waals surface area (Å²) in [5, 5.41) is 14.8. The summed E-state index contributed by atoms with van der Waals surface area (Å²) < 4.78 is 11.1. The summed E-state index contributed by atoms with van der Waals surface area (Å²) in [6.07, 6.45) is 1.48. The molecule has 0 spiro atoms. The first kappa shape index (κ1) is 23.4. The zero-order valence-electron chi connectivity index (χ0n) is 19.4. The van der Waals surface area contributed by atoms with Gasteiger partial charge in [0.1, 0.15) is 6.61 Å². The van der Waals surface area contributed by atoms with Crippen LogP contribution in [0.4, 0.5) is 4.79 Å². The van der Waals surface area contributed by atoms with Crippen LogP contribution in [0.25, 0.3) is 11.1 Å². The first-order chi connectivity index (χ1) is 17.0. The van der Waals surface area contributed by atoms with Crippen LogP contribution in [0.5, 0.6) is 0 Å². The van der Waals surface area contributed by atoms with E-state index in [1.54, 1.807) is 0 Å². The van der Waals surface area contributed by atoms with Crippen LogP contribution in [0.3, 0.4) is 0 Å². The number of carboxylic acids is 1. The third kappa shape index (κ3) is 5.17. The van der Waals surface area contributed by atoms with Gasteiger partial charge in [0.2, 0.25) is 5.91 Å². The maximum Gasteiger partial charge on any atom is 0.407 e. The fraction of sp³-hybridized carbons (Fsp3) is 0.444. The predicted octanol–water partition coefficient (Wildman–Crippen LogP) is 3.16. The first-order valence-electron chi connectivity index (χ1n) is 12.2. The minimum Gasteiger partial charge on any atom is -0.481 e. The van der Waals surface area contributed by atoms with Crippen molar-refractivity contribution in [3.63, 3.8) is 0 Å². The molecule has 2 aliphatic carbocycles. The number of nitrogens with one attached hydrogen (secondary N) is 2. The van der Waals surface area contributed by atoms with Crippen molar-refractivity contribution in [1.29, 1.82) is 0 Å². The molecule has 0 radical (unpaired) electrons. The van der Waals surface area contributed by atoms with Crippen molar-refractivity contribution >= 4 is 18.0 Å². The predicted molar refractivity (Wildman–Crippen MR) is 128 cm³/mol. The Morgan fingerprint density at radius 2 is 1.66 bits per heavy atom. The maximum atomic E-state index is 12.8. The molecule has 2 aromatic rings. The van der Waals surface area contributed by atoms with Crippen molar-refractivity contribution in [1.82, 2.24) is 10.6 Å². The van der Waals surface area contributed by atoms with Crippen LogP contribution in [0.15, 0.2) is 48.5 Å². The number of hydrogen-bond donors (Lipinski definition) is 3. The average molecular weight is 479 g/mol. The molecule has 1 aliphatic heterocycles. The van der Waals surface area contributed by atoms with Gasteiger partial charge >= 0.3 is 12.1 Å². The Labute approximate surface area is 204 Å². The van der Waals surface area contributed by atoms with E-state index in [0.717, 1.165) is 35.1 Å². The van der Waals surface area contributed by atoms with E-state index in [1.807, 2.05) is 24.3 Å². The van der Waals surface area contributed by atoms with Crippen LogP contribution in [-0.4, -0.2) is 55.5 Å². The molecular weight excluding hydrogens is 448 g/mol. The molecule has 1 heterocycles. The molecule has 35 heavy (non-hydrogen) atoms. The van der Waals surface area contributed by atoms with Crippen molar-refractivity contribution in [2.24, 2.45) is 17.8 Å². The lowest BCUT2D eigenvalue weighted by Crippen LogP contribution is -2.47. The zero-order chi connectivity index (χ0) is 24.4. The minimum atomic E-state index is -0.852. The number of aliphatic carboxylic acids is 1. The number of rotatable bonds is 9. The van der Waals surface area contributed by atoms with Gasteiger partial charge in [0.25, 0.3) is 0 Å². The molecule has 2 fully saturated rings. The van der Waals surface area contributed by atoms with Gasteiger partial charge in [-0.15, -0.1) is 0 Å². The van der Waals surface area contributed by atoms with Crippen LogP contribution < -0.4 is 10.6 Å². The lowest BCUT2D eigenvalue weighted by Gasteiger charge is -2.21. The topological polar surface area (TPSA) is 114 Å². The summed E-state index contributed by atoms with van der Waals surface area (Å²) in [6, 6.07) is 15.8. The van der Waals surface area contributed by atoms with Gasteiger partial charge in [-0.1, -0.05) is 48.5 Å². The largest absolute Gasteiger partial charge is 0.481 e. The lowest BCUT2D eigenvalue weighted by atomic mass is 9.98. The van der Waals surface area contributed by atoms with Crippen molar-refractivity contribution in [3.05, 3.63) is 59.7 Å². The monoisotopic (exact) mass is 478 g/mol. The third-order valence-corrected chi connectivity index (χ3v) is 7.33. The van der Waals surface area contributed by atoms with E-state index in [9.17, 15) is 14.4 Å². The normalized spacial score (nSPS) is 21.6. The molecule has 8 heteroatoms. The highest BCUT2D eigenvalue weighted by atomic mass is 16.5. The summed E-state index contributed by atoms with van der Waals surface area (Å²) in [6.45, 7) is 0.948. The van der Waals surface area contributed by atoms with Gasteiger partial charge in [0, 0.05) is 12.5 Å². The quantitative estimate of drug-likeness (QED) is 0.510. The van der Waals surface area contributed by atoms with E-state index >= 15 is 0 Å². The number of carbonyl (C=O) groups excluding carboxylic acids is 2. The lowest BCUT2D eigenvalue weighted by molar-refractivity contribution is -0.138. The number of carboxylic acid groups (broad SMARTS) is 1. The van der Waals surface area contributed by atoms with E-state index in [4.69, 9.17) is 14.6 Å². The van der Waals surface area contributed by atoms with Crippen LogP contribution in [-0.2, 0) is 19.1 Å². The molecular formula is C27H30N2O6. The van der Waals surface area contributed by atoms with Crippen molar-refractivity contribution < 1.29 is 29.0 Å². The fourth-order valence-electron chi connectivity index (χ4n) is 5.31. The van der Waals surface area contributed by atoms with Gasteiger partial charge in [-0.2, -0.15) is 0 Å². The fourth-order valence-corrected chi connectivity index (χ4v) is 5.31. The van der Waals surface area contributed by atoms with Crippen LogP contribution in [0.2, 0.25) is 0 Å². The number of alkyl carbamates (subject to hydrolysis) is 1. The zero-order valence-corrected chi connectivity index (χ0v) is 19.4. The van der Waals surface area contributed by atoms with Gasteiger partial charge in [0.05, 0.1) is 31.6 Å². The number of fused-ring (bicyclic) bond motifs is 3. The van der Waals surface area contributed by atoms with Crippen molar-refractivity contribution in [2.75, 3.05) is 26.4 Å². The van der Waals surface area contributed by atoms with Crippen LogP contribution >= 0.6 is 0 Å². The summed E-state index contributed by atoms with van der Waals surface area (Å²) in [5.74, 6) is -1.37. The number of ether oxygens (including phenoxy) is 2. The van der Waals surface area contributed by atoms with E-state index in [0.29, 0.717) is 12.5 Å². The molecule has 184 valence electrons. The summed E-state index contributed by atoms with van der Waals surface area (Å²) in [4.78, 5) is 36.5. The minimum absolute atomic E-state index is 0.0410. The Bertz CT molecular complexity index is 1070. The summed E-state index contributed by atoms with van der Waals surface area (Å²) in [7, 11) is 0. The van der Waals surface area contributed by atoms with Gasteiger partial charge in [-0.25, -0.2) is 4.79 Å². The number of benzene rings is 2. The SMILES string of the molecule is O=C(O)CC(CNC(=O)C1COCC1NC(=O)OCC1c2ccccc2-c2ccccc21)C1CC1. The Kier molecular flexibility index (Phi) is 6.72. The maximum absolute atomic E-state index is 12.8. The molecule has 3 aliphatic rings. The molecule has 3 N–H and O–H groups in total. The summed E-state index contributed by atoms with van der Waals surface area (Å²) >= 11 is 0. The second-order valence-electron chi connectivity index (χ2n) is 9.66.